The Hall–Kier alpha value is -2.77. The smallest absolute Gasteiger partial charge is 0.325 e. The quantitative estimate of drug-likeness (QED) is 0.705. The SMILES string of the molecule is CCC[C@@H](C)NC(=O)CN1C(=O)N[C@@](C)(Cc2ccc3c(c2)OCO3)C1=O. The first-order chi connectivity index (χ1) is 12.8. The summed E-state index contributed by atoms with van der Waals surface area (Å²) in [5.41, 5.74) is -0.279. The maximum absolute atomic E-state index is 12.8. The number of amides is 4. The van der Waals surface area contributed by atoms with Gasteiger partial charge in [-0.15, -0.1) is 0 Å². The van der Waals surface area contributed by atoms with Crippen molar-refractivity contribution < 1.29 is 23.9 Å². The molecule has 2 aliphatic rings. The van der Waals surface area contributed by atoms with E-state index in [-0.39, 0.29) is 25.3 Å². The molecular weight excluding hydrogens is 350 g/mol. The highest BCUT2D eigenvalue weighted by atomic mass is 16.7. The molecule has 0 unspecified atom stereocenters. The van der Waals surface area contributed by atoms with Crippen molar-refractivity contribution in [3.05, 3.63) is 23.8 Å². The lowest BCUT2D eigenvalue weighted by atomic mass is 9.92. The summed E-state index contributed by atoms with van der Waals surface area (Å²) in [7, 11) is 0. The topological polar surface area (TPSA) is 97.0 Å². The van der Waals surface area contributed by atoms with E-state index in [4.69, 9.17) is 9.47 Å². The predicted molar refractivity (Wildman–Crippen MR) is 97.4 cm³/mol. The minimum absolute atomic E-state index is 0.00304. The zero-order valence-electron chi connectivity index (χ0n) is 15.8. The first-order valence-electron chi connectivity index (χ1n) is 9.14. The zero-order chi connectivity index (χ0) is 19.6. The van der Waals surface area contributed by atoms with E-state index in [1.54, 1.807) is 19.1 Å². The molecule has 2 N–H and O–H groups in total. The highest BCUT2D eigenvalue weighted by Crippen LogP contribution is 2.34. The number of nitrogens with one attached hydrogen (secondary N) is 2. The lowest BCUT2D eigenvalue weighted by molar-refractivity contribution is -0.134. The van der Waals surface area contributed by atoms with Crippen molar-refractivity contribution >= 4 is 17.8 Å². The fraction of sp³-hybridized carbons (Fsp3) is 0.526. The summed E-state index contributed by atoms with van der Waals surface area (Å²) in [6.07, 6.45) is 2.07. The zero-order valence-corrected chi connectivity index (χ0v) is 15.8. The molecule has 8 nitrogen and oxygen atoms in total. The predicted octanol–water partition coefficient (Wildman–Crippen LogP) is 1.57. The molecule has 0 aliphatic carbocycles. The van der Waals surface area contributed by atoms with Gasteiger partial charge in [-0.1, -0.05) is 19.4 Å². The van der Waals surface area contributed by atoms with E-state index in [0.717, 1.165) is 23.3 Å². The summed E-state index contributed by atoms with van der Waals surface area (Å²) in [5.74, 6) is 0.523. The van der Waals surface area contributed by atoms with E-state index in [2.05, 4.69) is 10.6 Å². The van der Waals surface area contributed by atoms with E-state index in [1.807, 2.05) is 19.9 Å². The molecule has 8 heteroatoms. The van der Waals surface area contributed by atoms with Crippen LogP contribution in [0.25, 0.3) is 0 Å². The molecule has 0 bridgehead atoms. The fourth-order valence-corrected chi connectivity index (χ4v) is 3.44. The van der Waals surface area contributed by atoms with Crippen LogP contribution in [-0.4, -0.2) is 47.7 Å². The molecule has 1 aromatic rings. The van der Waals surface area contributed by atoms with E-state index in [1.165, 1.54) is 0 Å². The lowest BCUT2D eigenvalue weighted by Crippen LogP contribution is -2.47. The van der Waals surface area contributed by atoms with E-state index in [9.17, 15) is 14.4 Å². The van der Waals surface area contributed by atoms with Gasteiger partial charge in [0.05, 0.1) is 0 Å². The molecule has 1 aromatic carbocycles. The van der Waals surface area contributed by atoms with Gasteiger partial charge < -0.3 is 20.1 Å². The molecule has 0 saturated carbocycles. The van der Waals surface area contributed by atoms with Gasteiger partial charge in [0, 0.05) is 12.5 Å². The summed E-state index contributed by atoms with van der Waals surface area (Å²) < 4.78 is 10.6. The molecule has 2 heterocycles. The van der Waals surface area contributed by atoms with Crippen molar-refractivity contribution in [2.24, 2.45) is 0 Å². The van der Waals surface area contributed by atoms with Crippen LogP contribution in [0.3, 0.4) is 0 Å². The van der Waals surface area contributed by atoms with Crippen LogP contribution in [0.4, 0.5) is 4.79 Å². The normalized spacial score (nSPS) is 22.0. The number of urea groups is 1. The van der Waals surface area contributed by atoms with Gasteiger partial charge in [0.25, 0.3) is 5.91 Å². The molecule has 27 heavy (non-hydrogen) atoms. The monoisotopic (exact) mass is 375 g/mol. The number of hydrogen-bond acceptors (Lipinski definition) is 5. The Morgan fingerprint density at radius 3 is 2.81 bits per heavy atom. The Kier molecular flexibility index (Phi) is 5.25. The number of carbonyl (C=O) groups is 3. The molecule has 4 amide bonds. The molecule has 146 valence electrons. The van der Waals surface area contributed by atoms with Crippen LogP contribution in [0.2, 0.25) is 0 Å². The maximum atomic E-state index is 12.8. The number of ether oxygens (including phenoxy) is 2. The Morgan fingerprint density at radius 1 is 1.33 bits per heavy atom. The number of hydrogen-bond donors (Lipinski definition) is 2. The van der Waals surface area contributed by atoms with Crippen molar-refractivity contribution in [3.63, 3.8) is 0 Å². The Morgan fingerprint density at radius 2 is 2.07 bits per heavy atom. The third-order valence-electron chi connectivity index (χ3n) is 4.77. The van der Waals surface area contributed by atoms with Gasteiger partial charge in [0.2, 0.25) is 12.7 Å². The van der Waals surface area contributed by atoms with Gasteiger partial charge in [-0.25, -0.2) is 4.79 Å². The molecule has 0 radical (unpaired) electrons. The lowest BCUT2D eigenvalue weighted by Gasteiger charge is -2.22. The van der Waals surface area contributed by atoms with Crippen LogP contribution in [0.5, 0.6) is 11.5 Å². The third-order valence-corrected chi connectivity index (χ3v) is 4.77. The average molecular weight is 375 g/mol. The summed E-state index contributed by atoms with van der Waals surface area (Å²) >= 11 is 0. The second-order valence-electron chi connectivity index (χ2n) is 7.28. The van der Waals surface area contributed by atoms with E-state index >= 15 is 0 Å². The summed E-state index contributed by atoms with van der Waals surface area (Å²) in [6.45, 7) is 5.48. The second kappa shape index (κ2) is 7.46. The first-order valence-corrected chi connectivity index (χ1v) is 9.14. The Labute approximate surface area is 158 Å². The summed E-state index contributed by atoms with van der Waals surface area (Å²) in [4.78, 5) is 38.3. The fourth-order valence-electron chi connectivity index (χ4n) is 3.44. The van der Waals surface area contributed by atoms with Crippen LogP contribution in [0.1, 0.15) is 39.2 Å². The maximum Gasteiger partial charge on any atom is 0.325 e. The van der Waals surface area contributed by atoms with Crippen molar-refractivity contribution in [1.82, 2.24) is 15.5 Å². The van der Waals surface area contributed by atoms with Crippen LogP contribution in [0, 0.1) is 0 Å². The standard InChI is InChI=1S/C19H25N3O5/c1-4-5-12(2)20-16(23)10-22-17(24)19(3,21-18(22)25)9-13-6-7-14-15(8-13)27-11-26-14/h6-8,12H,4-5,9-11H2,1-3H3,(H,20,23)(H,21,25)/t12-,19+/m1/s1. The van der Waals surface area contributed by atoms with E-state index < -0.39 is 17.5 Å². The molecular formula is C19H25N3O5. The van der Waals surface area contributed by atoms with Gasteiger partial charge >= 0.3 is 6.03 Å². The Bertz CT molecular complexity index is 766. The molecule has 0 aromatic heterocycles. The number of benzene rings is 1. The van der Waals surface area contributed by atoms with Gasteiger partial charge in [-0.3, -0.25) is 14.5 Å². The highest BCUT2D eigenvalue weighted by molar-refractivity contribution is 6.08. The summed E-state index contributed by atoms with van der Waals surface area (Å²) in [6, 6.07) is 4.86. The molecule has 1 saturated heterocycles. The molecule has 2 aliphatic heterocycles. The minimum Gasteiger partial charge on any atom is -0.454 e. The number of carbonyl (C=O) groups excluding carboxylic acids is 3. The van der Waals surface area contributed by atoms with Crippen molar-refractivity contribution in [2.45, 2.75) is 51.6 Å². The van der Waals surface area contributed by atoms with Crippen molar-refractivity contribution in [3.8, 4) is 11.5 Å². The van der Waals surface area contributed by atoms with Crippen molar-refractivity contribution in [1.29, 1.82) is 0 Å². The first kappa shape index (κ1) is 19.0. The van der Waals surface area contributed by atoms with Crippen molar-refractivity contribution in [2.75, 3.05) is 13.3 Å². The van der Waals surface area contributed by atoms with Gasteiger partial charge in [-0.2, -0.15) is 0 Å². The number of nitrogens with zero attached hydrogens (tertiary/aromatic N) is 1. The third kappa shape index (κ3) is 3.99. The van der Waals surface area contributed by atoms with Gasteiger partial charge in [0.1, 0.15) is 12.1 Å². The van der Waals surface area contributed by atoms with Gasteiger partial charge in [0.15, 0.2) is 11.5 Å². The van der Waals surface area contributed by atoms with Crippen LogP contribution < -0.4 is 20.1 Å². The second-order valence-corrected chi connectivity index (χ2v) is 7.28. The number of fused-ring (bicyclic) bond motifs is 1. The summed E-state index contributed by atoms with van der Waals surface area (Å²) in [5, 5.41) is 5.53. The minimum atomic E-state index is -1.11. The average Bonchev–Trinajstić information content (AvgIpc) is 3.13. The molecule has 0 spiro atoms. The number of imide groups is 1. The van der Waals surface area contributed by atoms with Gasteiger partial charge in [-0.05, 0) is 38.0 Å². The molecule has 1 fully saturated rings. The largest absolute Gasteiger partial charge is 0.454 e. The van der Waals surface area contributed by atoms with Crippen LogP contribution in [-0.2, 0) is 16.0 Å². The highest BCUT2D eigenvalue weighted by Gasteiger charge is 2.48. The molecule has 3 rings (SSSR count). The van der Waals surface area contributed by atoms with Crippen LogP contribution >= 0.6 is 0 Å². The number of rotatable bonds is 7. The van der Waals surface area contributed by atoms with Crippen LogP contribution in [0.15, 0.2) is 18.2 Å². The molecule has 2 atom stereocenters. The Balaban J connectivity index is 1.66. The van der Waals surface area contributed by atoms with E-state index in [0.29, 0.717) is 17.9 Å².